The van der Waals surface area contributed by atoms with Crippen LogP contribution in [0.15, 0.2) is 42.5 Å². The lowest BCUT2D eigenvalue weighted by Gasteiger charge is -2.32. The molecule has 8 heteroatoms. The highest BCUT2D eigenvalue weighted by Gasteiger charge is 2.26. The van der Waals surface area contributed by atoms with Crippen LogP contribution in [-0.4, -0.2) is 48.6 Å². The van der Waals surface area contributed by atoms with Crippen LogP contribution in [0.2, 0.25) is 0 Å². The zero-order valence-electron chi connectivity index (χ0n) is 17.0. The molecule has 1 unspecified atom stereocenters. The molecule has 4 rings (SSSR count). The summed E-state index contributed by atoms with van der Waals surface area (Å²) in [6, 6.07) is 10.1. The lowest BCUT2D eigenvalue weighted by molar-refractivity contribution is -0.124. The Morgan fingerprint density at radius 2 is 1.87 bits per heavy atom. The van der Waals surface area contributed by atoms with Gasteiger partial charge in [-0.15, -0.1) is 0 Å². The van der Waals surface area contributed by atoms with Crippen molar-refractivity contribution in [2.24, 2.45) is 0 Å². The van der Waals surface area contributed by atoms with Crippen molar-refractivity contribution in [1.29, 1.82) is 0 Å². The summed E-state index contributed by atoms with van der Waals surface area (Å²) in [5.41, 5.74) is 1.03. The van der Waals surface area contributed by atoms with Gasteiger partial charge in [0.2, 0.25) is 0 Å². The summed E-state index contributed by atoms with van der Waals surface area (Å²) in [7, 11) is 0. The van der Waals surface area contributed by atoms with Gasteiger partial charge in [0.25, 0.3) is 11.8 Å². The predicted octanol–water partition coefficient (Wildman–Crippen LogP) is 3.77. The lowest BCUT2D eigenvalue weighted by atomic mass is 10.1. The fraction of sp³-hybridized carbons (Fsp3) is 0.391. The van der Waals surface area contributed by atoms with Crippen molar-refractivity contribution in [3.8, 4) is 5.75 Å². The topological polar surface area (TPSA) is 67.9 Å². The van der Waals surface area contributed by atoms with Crippen LogP contribution in [0, 0.1) is 11.6 Å². The van der Waals surface area contributed by atoms with Crippen LogP contribution in [-0.2, 0) is 9.53 Å². The van der Waals surface area contributed by atoms with Gasteiger partial charge in [-0.3, -0.25) is 9.59 Å². The molecule has 31 heavy (non-hydrogen) atoms. The summed E-state index contributed by atoms with van der Waals surface area (Å²) in [5.74, 6) is -1.71. The van der Waals surface area contributed by atoms with Gasteiger partial charge < -0.3 is 19.7 Å². The van der Waals surface area contributed by atoms with Crippen molar-refractivity contribution < 1.29 is 27.8 Å². The molecule has 2 heterocycles. The Morgan fingerprint density at radius 3 is 2.58 bits per heavy atom. The number of carbonyl (C=O) groups excluding carboxylic acids is 2. The lowest BCUT2D eigenvalue weighted by Crippen LogP contribution is -2.41. The monoisotopic (exact) mass is 430 g/mol. The summed E-state index contributed by atoms with van der Waals surface area (Å²) in [6.45, 7) is 1.50. The fourth-order valence-electron chi connectivity index (χ4n) is 3.85. The van der Waals surface area contributed by atoms with Gasteiger partial charge in [0, 0.05) is 49.9 Å². The van der Waals surface area contributed by atoms with Gasteiger partial charge in [0.15, 0.2) is 11.6 Å². The SMILES string of the molecule is O=C(Nc1cccc(C(=O)N2CCC(Oc3ccc(F)cc3F)CC2)c1)C1CCCO1. The molecule has 164 valence electrons. The molecule has 0 aromatic heterocycles. The first kappa shape index (κ1) is 21.2. The Bertz CT molecular complexity index is 954. The molecular formula is C23H24F2N2O4. The highest BCUT2D eigenvalue weighted by molar-refractivity contribution is 5.98. The Balaban J connectivity index is 1.32. The van der Waals surface area contributed by atoms with E-state index < -0.39 is 17.7 Å². The van der Waals surface area contributed by atoms with Crippen molar-refractivity contribution in [3.05, 3.63) is 59.7 Å². The van der Waals surface area contributed by atoms with Crippen molar-refractivity contribution in [1.82, 2.24) is 4.90 Å². The molecule has 1 N–H and O–H groups in total. The summed E-state index contributed by atoms with van der Waals surface area (Å²) >= 11 is 0. The third-order valence-corrected chi connectivity index (χ3v) is 5.52. The van der Waals surface area contributed by atoms with Crippen LogP contribution in [0.4, 0.5) is 14.5 Å². The Kier molecular flexibility index (Phi) is 6.46. The molecule has 6 nitrogen and oxygen atoms in total. The van der Waals surface area contributed by atoms with E-state index in [-0.39, 0.29) is 23.7 Å². The van der Waals surface area contributed by atoms with Gasteiger partial charge in [-0.2, -0.15) is 0 Å². The molecule has 0 spiro atoms. The zero-order chi connectivity index (χ0) is 21.8. The highest BCUT2D eigenvalue weighted by Crippen LogP contribution is 2.24. The number of rotatable bonds is 5. The van der Waals surface area contributed by atoms with E-state index in [1.807, 2.05) is 0 Å². The van der Waals surface area contributed by atoms with Gasteiger partial charge in [0.05, 0.1) is 0 Å². The van der Waals surface area contributed by atoms with E-state index in [1.165, 1.54) is 6.07 Å². The number of anilines is 1. The largest absolute Gasteiger partial charge is 0.487 e. The maximum atomic E-state index is 13.8. The first-order valence-electron chi connectivity index (χ1n) is 10.4. The number of hydrogen-bond donors (Lipinski definition) is 1. The van der Waals surface area contributed by atoms with E-state index in [9.17, 15) is 18.4 Å². The third kappa shape index (κ3) is 5.19. The van der Waals surface area contributed by atoms with E-state index in [0.717, 1.165) is 18.6 Å². The fourth-order valence-corrected chi connectivity index (χ4v) is 3.85. The summed E-state index contributed by atoms with van der Waals surface area (Å²) in [5, 5.41) is 2.81. The molecule has 2 aromatic rings. The second-order valence-electron chi connectivity index (χ2n) is 7.76. The van der Waals surface area contributed by atoms with Crippen LogP contribution in [0.25, 0.3) is 0 Å². The molecule has 0 saturated carbocycles. The number of halogens is 2. The second kappa shape index (κ2) is 9.43. The maximum absolute atomic E-state index is 13.8. The van der Waals surface area contributed by atoms with E-state index in [1.54, 1.807) is 29.2 Å². The molecular weight excluding hydrogens is 406 g/mol. The van der Waals surface area contributed by atoms with Crippen molar-refractivity contribution in [2.45, 2.75) is 37.9 Å². The van der Waals surface area contributed by atoms with Crippen LogP contribution in [0.3, 0.4) is 0 Å². The minimum atomic E-state index is -0.736. The quantitative estimate of drug-likeness (QED) is 0.784. The normalized spacial score (nSPS) is 19.3. The zero-order valence-corrected chi connectivity index (χ0v) is 17.0. The van der Waals surface area contributed by atoms with E-state index in [0.29, 0.717) is 50.2 Å². The third-order valence-electron chi connectivity index (χ3n) is 5.52. The van der Waals surface area contributed by atoms with Gasteiger partial charge in [-0.25, -0.2) is 8.78 Å². The molecule has 2 aromatic carbocycles. The van der Waals surface area contributed by atoms with Crippen molar-refractivity contribution >= 4 is 17.5 Å². The first-order valence-corrected chi connectivity index (χ1v) is 10.4. The summed E-state index contributed by atoms with van der Waals surface area (Å²) in [4.78, 5) is 26.8. The highest BCUT2D eigenvalue weighted by atomic mass is 19.1. The number of carbonyl (C=O) groups is 2. The number of likely N-dealkylation sites (tertiary alicyclic amines) is 1. The molecule has 0 bridgehead atoms. The summed E-state index contributed by atoms with van der Waals surface area (Å²) < 4.78 is 37.9. The van der Waals surface area contributed by atoms with Gasteiger partial charge in [-0.1, -0.05) is 6.07 Å². The minimum absolute atomic E-state index is 0.0147. The molecule has 2 saturated heterocycles. The number of piperidine rings is 1. The standard InChI is InChI=1S/C23H24F2N2O4/c24-16-6-7-20(19(25)14-16)31-18-8-10-27(11-9-18)23(29)15-3-1-4-17(13-15)26-22(28)21-5-2-12-30-21/h1,3-4,6-7,13-14,18,21H,2,5,8-12H2,(H,26,28). The van der Waals surface area contributed by atoms with Gasteiger partial charge in [-0.05, 0) is 43.2 Å². The number of amides is 2. The molecule has 0 radical (unpaired) electrons. The average molecular weight is 430 g/mol. The van der Waals surface area contributed by atoms with Gasteiger partial charge >= 0.3 is 0 Å². The minimum Gasteiger partial charge on any atom is -0.487 e. The number of nitrogens with one attached hydrogen (secondary N) is 1. The molecule has 0 aliphatic carbocycles. The van der Waals surface area contributed by atoms with E-state index >= 15 is 0 Å². The molecule has 2 aliphatic heterocycles. The molecule has 1 atom stereocenters. The number of benzene rings is 2. The number of nitrogens with zero attached hydrogens (tertiary/aromatic N) is 1. The van der Waals surface area contributed by atoms with Crippen LogP contribution >= 0.6 is 0 Å². The van der Waals surface area contributed by atoms with Crippen LogP contribution in [0.5, 0.6) is 5.75 Å². The van der Waals surface area contributed by atoms with Gasteiger partial charge in [0.1, 0.15) is 18.0 Å². The smallest absolute Gasteiger partial charge is 0.253 e. The molecule has 2 amide bonds. The Hall–Kier alpha value is -3.00. The maximum Gasteiger partial charge on any atom is 0.253 e. The first-order chi connectivity index (χ1) is 15.0. The molecule has 2 aliphatic rings. The van der Waals surface area contributed by atoms with Crippen LogP contribution in [0.1, 0.15) is 36.0 Å². The van der Waals surface area contributed by atoms with E-state index in [4.69, 9.17) is 9.47 Å². The second-order valence-corrected chi connectivity index (χ2v) is 7.76. The average Bonchev–Trinajstić information content (AvgIpc) is 3.31. The number of hydrogen-bond acceptors (Lipinski definition) is 4. The Labute approximate surface area is 179 Å². The van der Waals surface area contributed by atoms with Crippen molar-refractivity contribution in [2.75, 3.05) is 25.0 Å². The number of ether oxygens (including phenoxy) is 2. The van der Waals surface area contributed by atoms with Crippen molar-refractivity contribution in [3.63, 3.8) is 0 Å². The van der Waals surface area contributed by atoms with E-state index in [2.05, 4.69) is 5.32 Å². The van der Waals surface area contributed by atoms with Crippen LogP contribution < -0.4 is 10.1 Å². The Morgan fingerprint density at radius 1 is 1.06 bits per heavy atom. The predicted molar refractivity (Wildman–Crippen MR) is 110 cm³/mol. The molecule has 2 fully saturated rings. The summed E-state index contributed by atoms with van der Waals surface area (Å²) in [6.07, 6.45) is 1.95.